The van der Waals surface area contributed by atoms with Gasteiger partial charge in [-0.3, -0.25) is 4.79 Å². The van der Waals surface area contributed by atoms with Crippen LogP contribution in [0, 0.1) is 5.82 Å². The molecule has 8 heteroatoms. The third-order valence-corrected chi connectivity index (χ3v) is 7.14. The van der Waals surface area contributed by atoms with E-state index in [-0.39, 0.29) is 17.1 Å². The molecule has 0 spiro atoms. The first-order valence-corrected chi connectivity index (χ1v) is 12.7. The van der Waals surface area contributed by atoms with E-state index in [1.165, 1.54) is 29.5 Å². The Kier molecular flexibility index (Phi) is 7.26. The molecule has 0 unspecified atom stereocenters. The van der Waals surface area contributed by atoms with Crippen LogP contribution in [0.4, 0.5) is 10.1 Å². The fourth-order valence-corrected chi connectivity index (χ4v) is 5.00. The minimum atomic E-state index is -0.236. The van der Waals surface area contributed by atoms with Gasteiger partial charge in [-0.15, -0.1) is 10.2 Å². The van der Waals surface area contributed by atoms with Crippen molar-refractivity contribution in [1.29, 1.82) is 0 Å². The van der Waals surface area contributed by atoms with Crippen LogP contribution in [0.25, 0.3) is 11.4 Å². The fourth-order valence-electron chi connectivity index (χ4n) is 4.10. The third kappa shape index (κ3) is 5.43. The van der Waals surface area contributed by atoms with Gasteiger partial charge in [0, 0.05) is 44.0 Å². The number of anilines is 1. The second kappa shape index (κ2) is 10.2. The van der Waals surface area contributed by atoms with Crippen LogP contribution in [-0.2, 0) is 16.8 Å². The lowest BCUT2D eigenvalue weighted by Crippen LogP contribution is -2.49. The maximum atomic E-state index is 13.2. The number of halogens is 1. The number of benzene rings is 2. The zero-order chi connectivity index (χ0) is 24.3. The molecule has 0 saturated carbocycles. The Labute approximate surface area is 205 Å². The number of thioether (sulfide) groups is 1. The van der Waals surface area contributed by atoms with E-state index in [0.717, 1.165) is 41.9 Å². The summed E-state index contributed by atoms with van der Waals surface area (Å²) in [6, 6.07) is 15.0. The van der Waals surface area contributed by atoms with Crippen LogP contribution < -0.4 is 4.90 Å². The first kappa shape index (κ1) is 24.3. The molecule has 0 aliphatic carbocycles. The SMILES string of the molecule is CCn1c(SCC(=O)N2CCN(c3ccc(F)cc3)CC2)nnc1-c1ccc(C(C)(C)C)cc1. The van der Waals surface area contributed by atoms with Gasteiger partial charge >= 0.3 is 0 Å². The molecule has 1 saturated heterocycles. The Morgan fingerprint density at radius 2 is 1.62 bits per heavy atom. The van der Waals surface area contributed by atoms with Gasteiger partial charge in [0.05, 0.1) is 5.75 Å². The van der Waals surface area contributed by atoms with Crippen LogP contribution in [0.2, 0.25) is 0 Å². The van der Waals surface area contributed by atoms with Gasteiger partial charge in [0.25, 0.3) is 0 Å². The van der Waals surface area contributed by atoms with Crippen LogP contribution in [-0.4, -0.2) is 57.5 Å². The van der Waals surface area contributed by atoms with Crippen molar-refractivity contribution in [3.8, 4) is 11.4 Å². The van der Waals surface area contributed by atoms with Gasteiger partial charge in [0.2, 0.25) is 5.91 Å². The summed E-state index contributed by atoms with van der Waals surface area (Å²) in [6.07, 6.45) is 0. The van der Waals surface area contributed by atoms with Crippen molar-refractivity contribution in [2.75, 3.05) is 36.8 Å². The predicted molar refractivity (Wildman–Crippen MR) is 136 cm³/mol. The Morgan fingerprint density at radius 3 is 2.21 bits per heavy atom. The minimum Gasteiger partial charge on any atom is -0.368 e. The van der Waals surface area contributed by atoms with Crippen LogP contribution in [0.1, 0.15) is 33.3 Å². The monoisotopic (exact) mass is 481 g/mol. The summed E-state index contributed by atoms with van der Waals surface area (Å²) in [6.45, 7) is 12.2. The van der Waals surface area contributed by atoms with Crippen molar-refractivity contribution < 1.29 is 9.18 Å². The highest BCUT2D eigenvalue weighted by Gasteiger charge is 2.23. The predicted octanol–water partition coefficient (Wildman–Crippen LogP) is 4.84. The first-order valence-electron chi connectivity index (χ1n) is 11.7. The van der Waals surface area contributed by atoms with E-state index >= 15 is 0 Å². The van der Waals surface area contributed by atoms with Gasteiger partial charge in [-0.2, -0.15) is 0 Å². The van der Waals surface area contributed by atoms with Crippen molar-refractivity contribution >= 4 is 23.4 Å². The van der Waals surface area contributed by atoms with Gasteiger partial charge in [-0.25, -0.2) is 4.39 Å². The highest BCUT2D eigenvalue weighted by atomic mass is 32.2. The number of hydrogen-bond donors (Lipinski definition) is 0. The van der Waals surface area contributed by atoms with Gasteiger partial charge < -0.3 is 14.4 Å². The lowest BCUT2D eigenvalue weighted by Gasteiger charge is -2.36. The van der Waals surface area contributed by atoms with E-state index in [0.29, 0.717) is 18.8 Å². The minimum absolute atomic E-state index is 0.100. The lowest BCUT2D eigenvalue weighted by molar-refractivity contribution is -0.128. The molecular weight excluding hydrogens is 449 g/mol. The van der Waals surface area contributed by atoms with E-state index in [1.54, 1.807) is 12.1 Å². The average Bonchev–Trinajstić information content (AvgIpc) is 3.25. The van der Waals surface area contributed by atoms with Crippen LogP contribution in [0.5, 0.6) is 0 Å². The molecule has 0 bridgehead atoms. The molecule has 1 aliphatic rings. The number of amides is 1. The second-order valence-electron chi connectivity index (χ2n) is 9.51. The highest BCUT2D eigenvalue weighted by molar-refractivity contribution is 7.99. The van der Waals surface area contributed by atoms with Gasteiger partial charge in [0.15, 0.2) is 11.0 Å². The largest absolute Gasteiger partial charge is 0.368 e. The van der Waals surface area contributed by atoms with Crippen molar-refractivity contribution in [1.82, 2.24) is 19.7 Å². The number of nitrogens with zero attached hydrogens (tertiary/aromatic N) is 5. The molecule has 4 rings (SSSR count). The Morgan fingerprint density at radius 1 is 0.971 bits per heavy atom. The normalized spacial score (nSPS) is 14.5. The summed E-state index contributed by atoms with van der Waals surface area (Å²) in [7, 11) is 0. The fraction of sp³-hybridized carbons (Fsp3) is 0.423. The number of hydrogen-bond acceptors (Lipinski definition) is 5. The molecule has 0 radical (unpaired) electrons. The van der Waals surface area contributed by atoms with E-state index in [1.807, 2.05) is 4.90 Å². The average molecular weight is 482 g/mol. The number of carbonyl (C=O) groups is 1. The van der Waals surface area contributed by atoms with E-state index in [9.17, 15) is 9.18 Å². The molecule has 0 N–H and O–H groups in total. The Balaban J connectivity index is 1.35. The zero-order valence-corrected chi connectivity index (χ0v) is 21.1. The molecule has 0 atom stereocenters. The van der Waals surface area contributed by atoms with Gasteiger partial charge in [-0.05, 0) is 42.2 Å². The summed E-state index contributed by atoms with van der Waals surface area (Å²) in [4.78, 5) is 16.9. The molecule has 34 heavy (non-hydrogen) atoms. The smallest absolute Gasteiger partial charge is 0.233 e. The quantitative estimate of drug-likeness (QED) is 0.472. The molecule has 1 aromatic heterocycles. The number of carbonyl (C=O) groups excluding carboxylic acids is 1. The van der Waals surface area contributed by atoms with E-state index in [4.69, 9.17) is 0 Å². The molecular formula is C26H32FN5OS. The molecule has 3 aromatic rings. The second-order valence-corrected chi connectivity index (χ2v) is 10.5. The molecule has 2 heterocycles. The molecule has 2 aromatic carbocycles. The standard InChI is InChI=1S/C26H32FN5OS/c1-5-32-24(19-6-8-20(9-7-19)26(2,3)4)28-29-25(32)34-18-23(33)31-16-14-30(15-17-31)22-12-10-21(27)11-13-22/h6-13H,5,14-18H2,1-4H3. The van der Waals surface area contributed by atoms with Crippen LogP contribution in [0.15, 0.2) is 53.7 Å². The van der Waals surface area contributed by atoms with Crippen LogP contribution in [0.3, 0.4) is 0 Å². The Bertz CT molecular complexity index is 1110. The van der Waals surface area contributed by atoms with Gasteiger partial charge in [-0.1, -0.05) is 56.8 Å². The van der Waals surface area contributed by atoms with Crippen LogP contribution >= 0.6 is 11.8 Å². The van der Waals surface area contributed by atoms with Crippen molar-refractivity contribution in [3.05, 3.63) is 59.9 Å². The summed E-state index contributed by atoms with van der Waals surface area (Å²) >= 11 is 1.44. The van der Waals surface area contributed by atoms with Crippen molar-refractivity contribution in [2.45, 2.75) is 44.8 Å². The molecule has 1 amide bonds. The van der Waals surface area contributed by atoms with Gasteiger partial charge in [0.1, 0.15) is 5.82 Å². The molecule has 180 valence electrons. The highest BCUT2D eigenvalue weighted by Crippen LogP contribution is 2.28. The first-order chi connectivity index (χ1) is 16.3. The molecule has 1 fully saturated rings. The molecule has 6 nitrogen and oxygen atoms in total. The summed E-state index contributed by atoms with van der Waals surface area (Å²) in [5, 5.41) is 9.56. The summed E-state index contributed by atoms with van der Waals surface area (Å²) < 4.78 is 15.2. The lowest BCUT2D eigenvalue weighted by atomic mass is 9.87. The third-order valence-electron chi connectivity index (χ3n) is 6.19. The summed E-state index contributed by atoms with van der Waals surface area (Å²) in [5.41, 5.74) is 3.39. The molecule has 1 aliphatic heterocycles. The zero-order valence-electron chi connectivity index (χ0n) is 20.3. The Hall–Kier alpha value is -2.87. The maximum absolute atomic E-state index is 13.2. The van der Waals surface area contributed by atoms with Crippen molar-refractivity contribution in [3.63, 3.8) is 0 Å². The summed E-state index contributed by atoms with van der Waals surface area (Å²) in [5.74, 6) is 1.02. The van der Waals surface area contributed by atoms with Crippen molar-refractivity contribution in [2.24, 2.45) is 0 Å². The maximum Gasteiger partial charge on any atom is 0.233 e. The number of piperazine rings is 1. The number of rotatable bonds is 6. The number of aromatic nitrogens is 3. The van der Waals surface area contributed by atoms with E-state index in [2.05, 4.69) is 71.6 Å². The van der Waals surface area contributed by atoms with E-state index < -0.39 is 0 Å². The topological polar surface area (TPSA) is 54.3 Å².